The van der Waals surface area contributed by atoms with Crippen molar-refractivity contribution in [1.82, 2.24) is 9.97 Å². The Bertz CT molecular complexity index is 375. The summed E-state index contributed by atoms with van der Waals surface area (Å²) in [7, 11) is 1.67. The fourth-order valence-corrected chi connectivity index (χ4v) is 2.00. The van der Waals surface area contributed by atoms with Crippen LogP contribution in [0.5, 0.6) is 0 Å². The molecule has 1 aromatic heterocycles. The molecule has 0 aliphatic heterocycles. The van der Waals surface area contributed by atoms with Gasteiger partial charge >= 0.3 is 0 Å². The number of nitrogens with two attached hydrogens (primary N) is 1. The number of hydrogen-bond acceptors (Lipinski definition) is 5. The second-order valence-corrected chi connectivity index (χ2v) is 4.36. The van der Waals surface area contributed by atoms with Crippen LogP contribution in [0.1, 0.15) is 56.3 Å². The Morgan fingerprint density at radius 2 is 2.00 bits per heavy atom. The van der Waals surface area contributed by atoms with Gasteiger partial charge in [0.15, 0.2) is 5.82 Å². The minimum absolute atomic E-state index is 0.0815. The van der Waals surface area contributed by atoms with Crippen LogP contribution in [0.25, 0.3) is 0 Å². The maximum Gasteiger partial charge on any atom is 0.159 e. The molecule has 0 saturated heterocycles. The van der Waals surface area contributed by atoms with Crippen LogP contribution in [0.15, 0.2) is 0 Å². The summed E-state index contributed by atoms with van der Waals surface area (Å²) in [5.41, 5.74) is 4.66. The Kier molecular flexibility index (Phi) is 4.84. The van der Waals surface area contributed by atoms with Crippen LogP contribution in [0.2, 0.25) is 0 Å². The highest BCUT2D eigenvalue weighted by atomic mass is 16.5. The second-order valence-electron chi connectivity index (χ2n) is 4.36. The van der Waals surface area contributed by atoms with Crippen molar-refractivity contribution in [1.29, 1.82) is 0 Å². The Hall–Kier alpha value is -1.20. The van der Waals surface area contributed by atoms with Crippen molar-refractivity contribution in [3.63, 3.8) is 0 Å². The minimum atomic E-state index is -0.0815. The van der Waals surface area contributed by atoms with E-state index >= 15 is 0 Å². The summed E-state index contributed by atoms with van der Waals surface area (Å²) in [5.74, 6) is 7.24. The molecule has 3 N–H and O–H groups in total. The molecule has 5 heteroatoms. The van der Waals surface area contributed by atoms with Gasteiger partial charge in [0, 0.05) is 18.4 Å². The van der Waals surface area contributed by atoms with Gasteiger partial charge < -0.3 is 10.2 Å². The molecule has 1 heterocycles. The zero-order chi connectivity index (χ0) is 13.0. The van der Waals surface area contributed by atoms with E-state index in [2.05, 4.69) is 29.2 Å². The Balaban J connectivity index is 3.26. The first-order valence-electron chi connectivity index (χ1n) is 5.92. The highest BCUT2D eigenvalue weighted by Crippen LogP contribution is 2.27. The molecule has 1 rings (SSSR count). The normalized spacial score (nSPS) is 12.9. The van der Waals surface area contributed by atoms with E-state index in [1.165, 1.54) is 0 Å². The van der Waals surface area contributed by atoms with Gasteiger partial charge in [-0.25, -0.2) is 15.8 Å². The quantitative estimate of drug-likeness (QED) is 0.608. The molecule has 1 unspecified atom stereocenters. The van der Waals surface area contributed by atoms with E-state index in [1.54, 1.807) is 7.11 Å². The first-order chi connectivity index (χ1) is 8.04. The number of methoxy groups -OCH3 is 1. The standard InChI is InChI=1S/C12H22N4O/c1-6-9(17-5)11-14-8(4)10(7(2)3)12(15-11)16-13/h7,9H,6,13H2,1-5H3,(H,14,15,16). The largest absolute Gasteiger partial charge is 0.373 e. The predicted molar refractivity (Wildman–Crippen MR) is 68.7 cm³/mol. The number of hydrogen-bond donors (Lipinski definition) is 2. The van der Waals surface area contributed by atoms with Gasteiger partial charge in [-0.1, -0.05) is 20.8 Å². The van der Waals surface area contributed by atoms with Gasteiger partial charge in [-0.05, 0) is 19.3 Å². The van der Waals surface area contributed by atoms with E-state index in [9.17, 15) is 0 Å². The molecule has 5 nitrogen and oxygen atoms in total. The van der Waals surface area contributed by atoms with E-state index in [0.717, 1.165) is 17.7 Å². The average Bonchev–Trinajstić information content (AvgIpc) is 2.29. The lowest BCUT2D eigenvalue weighted by atomic mass is 10.0. The molecule has 17 heavy (non-hydrogen) atoms. The van der Waals surface area contributed by atoms with E-state index in [4.69, 9.17) is 10.6 Å². The smallest absolute Gasteiger partial charge is 0.159 e. The molecule has 1 atom stereocenters. The number of anilines is 1. The highest BCUT2D eigenvalue weighted by molar-refractivity contribution is 5.47. The molecule has 96 valence electrons. The van der Waals surface area contributed by atoms with E-state index < -0.39 is 0 Å². The number of ether oxygens (including phenoxy) is 1. The molecule has 0 spiro atoms. The Morgan fingerprint density at radius 1 is 1.35 bits per heavy atom. The van der Waals surface area contributed by atoms with Crippen LogP contribution >= 0.6 is 0 Å². The highest BCUT2D eigenvalue weighted by Gasteiger charge is 2.18. The average molecular weight is 238 g/mol. The van der Waals surface area contributed by atoms with Crippen LogP contribution in [-0.2, 0) is 4.74 Å². The van der Waals surface area contributed by atoms with Crippen molar-refractivity contribution in [2.45, 2.75) is 46.1 Å². The molecular weight excluding hydrogens is 216 g/mol. The summed E-state index contributed by atoms with van der Waals surface area (Å²) in [5, 5.41) is 0. The molecule has 0 aliphatic rings. The van der Waals surface area contributed by atoms with Crippen LogP contribution in [0.4, 0.5) is 5.82 Å². The summed E-state index contributed by atoms with van der Waals surface area (Å²) in [6.45, 7) is 8.21. The lowest BCUT2D eigenvalue weighted by molar-refractivity contribution is 0.0925. The van der Waals surface area contributed by atoms with E-state index in [-0.39, 0.29) is 6.10 Å². The van der Waals surface area contributed by atoms with Gasteiger partial charge in [0.05, 0.1) is 0 Å². The van der Waals surface area contributed by atoms with Gasteiger partial charge in [-0.15, -0.1) is 0 Å². The van der Waals surface area contributed by atoms with Crippen molar-refractivity contribution >= 4 is 5.82 Å². The first-order valence-corrected chi connectivity index (χ1v) is 5.92. The Labute approximate surface area is 103 Å². The van der Waals surface area contributed by atoms with Crippen LogP contribution < -0.4 is 11.3 Å². The van der Waals surface area contributed by atoms with Crippen LogP contribution in [0, 0.1) is 6.92 Å². The molecule has 0 amide bonds. The number of nitrogen functional groups attached to an aromatic ring is 1. The van der Waals surface area contributed by atoms with Gasteiger partial charge in [0.2, 0.25) is 0 Å². The maximum atomic E-state index is 5.53. The van der Waals surface area contributed by atoms with Gasteiger partial charge in [0.25, 0.3) is 0 Å². The third-order valence-electron chi connectivity index (χ3n) is 2.81. The topological polar surface area (TPSA) is 73.1 Å². The van der Waals surface area contributed by atoms with Gasteiger partial charge in [0.1, 0.15) is 11.9 Å². The molecule has 0 aliphatic carbocycles. The summed E-state index contributed by atoms with van der Waals surface area (Å²) < 4.78 is 5.35. The number of aromatic nitrogens is 2. The lowest BCUT2D eigenvalue weighted by Crippen LogP contribution is -2.17. The monoisotopic (exact) mass is 238 g/mol. The van der Waals surface area contributed by atoms with Crippen LogP contribution in [-0.4, -0.2) is 17.1 Å². The molecule has 0 fully saturated rings. The summed E-state index contributed by atoms with van der Waals surface area (Å²) >= 11 is 0. The zero-order valence-electron chi connectivity index (χ0n) is 11.2. The minimum Gasteiger partial charge on any atom is -0.373 e. The Morgan fingerprint density at radius 3 is 2.41 bits per heavy atom. The van der Waals surface area contributed by atoms with Crippen molar-refractivity contribution in [3.8, 4) is 0 Å². The molecule has 1 aromatic rings. The molecule has 0 aromatic carbocycles. The molecule has 0 saturated carbocycles. The van der Waals surface area contributed by atoms with Crippen molar-refractivity contribution in [3.05, 3.63) is 17.1 Å². The maximum absolute atomic E-state index is 5.53. The lowest BCUT2D eigenvalue weighted by Gasteiger charge is -2.18. The van der Waals surface area contributed by atoms with E-state index in [1.807, 2.05) is 13.8 Å². The number of rotatable bonds is 5. The second kappa shape index (κ2) is 5.93. The van der Waals surface area contributed by atoms with Gasteiger partial charge in [-0.3, -0.25) is 0 Å². The van der Waals surface area contributed by atoms with Crippen LogP contribution in [0.3, 0.4) is 0 Å². The summed E-state index contributed by atoms with van der Waals surface area (Å²) in [4.78, 5) is 8.96. The van der Waals surface area contributed by atoms with Crippen molar-refractivity contribution in [2.24, 2.45) is 5.84 Å². The third kappa shape index (κ3) is 2.92. The summed E-state index contributed by atoms with van der Waals surface area (Å²) in [6, 6.07) is 0. The molecule has 0 radical (unpaired) electrons. The van der Waals surface area contributed by atoms with Crippen molar-refractivity contribution in [2.75, 3.05) is 12.5 Å². The fraction of sp³-hybridized carbons (Fsp3) is 0.667. The number of hydrazine groups is 1. The SMILES string of the molecule is CCC(OC)c1nc(C)c(C(C)C)c(NN)n1. The first kappa shape index (κ1) is 13.9. The van der Waals surface area contributed by atoms with Gasteiger partial charge in [-0.2, -0.15) is 0 Å². The number of nitrogens with zero attached hydrogens (tertiary/aromatic N) is 2. The zero-order valence-corrected chi connectivity index (χ0v) is 11.2. The number of nitrogens with one attached hydrogen (secondary N) is 1. The van der Waals surface area contributed by atoms with E-state index in [0.29, 0.717) is 17.6 Å². The molecule has 0 bridgehead atoms. The summed E-state index contributed by atoms with van der Waals surface area (Å²) in [6.07, 6.45) is 0.753. The number of aryl methyl sites for hydroxylation is 1. The predicted octanol–water partition coefficient (Wildman–Crippen LogP) is 2.29. The molecular formula is C12H22N4O. The fourth-order valence-electron chi connectivity index (χ4n) is 2.00. The third-order valence-corrected chi connectivity index (χ3v) is 2.81. The van der Waals surface area contributed by atoms with Crippen molar-refractivity contribution < 1.29 is 4.74 Å².